The van der Waals surface area contributed by atoms with Crippen LogP contribution in [0, 0.1) is 0 Å². The van der Waals surface area contributed by atoms with E-state index in [-0.39, 0.29) is 23.9 Å². The van der Waals surface area contributed by atoms with Crippen molar-refractivity contribution < 1.29 is 28.5 Å². The van der Waals surface area contributed by atoms with E-state index < -0.39 is 0 Å². The Kier molecular flexibility index (Phi) is 13.9. The summed E-state index contributed by atoms with van der Waals surface area (Å²) in [5, 5.41) is 3.60. The second kappa shape index (κ2) is 21.1. The number of likely N-dealkylation sites (N-methyl/N-ethyl adjacent to an activating group) is 2. The molecule has 2 atom stereocenters. The fraction of sp³-hybridized carbons (Fsp3) is 0.456. The molecular weight excluding hydrogens is 893 g/mol. The van der Waals surface area contributed by atoms with E-state index >= 15 is 0 Å². The molecule has 0 aliphatic carbocycles. The third kappa shape index (κ3) is 10.3. The summed E-state index contributed by atoms with van der Waals surface area (Å²) in [5.41, 5.74) is 9.46. The first kappa shape index (κ1) is 46.8. The minimum absolute atomic E-state index is 0.00604. The summed E-state index contributed by atoms with van der Waals surface area (Å²) >= 11 is 0. The van der Waals surface area contributed by atoms with E-state index in [0.717, 1.165) is 120 Å². The van der Waals surface area contributed by atoms with Crippen LogP contribution in [0.15, 0.2) is 90.2 Å². The van der Waals surface area contributed by atoms with Crippen LogP contribution in [0.5, 0.6) is 23.0 Å². The van der Waals surface area contributed by atoms with Crippen LogP contribution in [0.3, 0.4) is 0 Å². The molecule has 11 rings (SSSR count). The number of amides is 2. The van der Waals surface area contributed by atoms with Crippen molar-refractivity contribution in [2.75, 3.05) is 115 Å². The molecule has 7 aliphatic rings. The van der Waals surface area contributed by atoms with Crippen LogP contribution < -0.4 is 34.1 Å². The van der Waals surface area contributed by atoms with Gasteiger partial charge in [-0.2, -0.15) is 0 Å². The third-order valence-corrected chi connectivity index (χ3v) is 15.3. The van der Waals surface area contributed by atoms with E-state index in [4.69, 9.17) is 23.9 Å². The van der Waals surface area contributed by atoms with Crippen molar-refractivity contribution in [3.63, 3.8) is 0 Å². The van der Waals surface area contributed by atoms with Gasteiger partial charge in [0.15, 0.2) is 23.0 Å². The largest absolute Gasteiger partial charge is 0.490 e. The SMILES string of the molecule is CN1CCN(c2ccc(C3=CN4C(=O)c5cc6c(cc5NC[C@@H]4C3)OCCCOc3cc4c(cc3OCCCCCCCCO6)C(=O)N3C=C(c5ccc(N6CCN(C)CC6)cc5)C[C@H]3C=N4)cc2)CC1. The first-order valence-electron chi connectivity index (χ1n) is 26.1. The molecular formula is C57H68N8O6. The second-order valence-corrected chi connectivity index (χ2v) is 20.2. The van der Waals surface area contributed by atoms with Gasteiger partial charge in [-0.1, -0.05) is 49.9 Å². The molecule has 1 N–H and O–H groups in total. The molecule has 4 aromatic rings. The van der Waals surface area contributed by atoms with Gasteiger partial charge >= 0.3 is 0 Å². The highest BCUT2D eigenvalue weighted by Gasteiger charge is 2.36. The molecule has 0 saturated carbocycles. The molecule has 7 heterocycles. The van der Waals surface area contributed by atoms with E-state index in [0.29, 0.717) is 85.6 Å². The fourth-order valence-corrected chi connectivity index (χ4v) is 10.9. The number of anilines is 3. The Hall–Kier alpha value is -6.51. The maximum absolute atomic E-state index is 14.4. The lowest BCUT2D eigenvalue weighted by molar-refractivity contribution is 0.0793. The highest BCUT2D eigenvalue weighted by Crippen LogP contribution is 2.42. The standard InChI is InChI=1S/C57H68N8O6/c1-60-18-22-62(23-19-60)44-14-10-40(11-15-44)42-30-46-36-58-50-34-54-52(32-48(50)56(66)64(46)38-42)68-26-7-5-3-4-6-8-27-69-53-33-49-51(35-55(53)71-29-9-28-70-54)59-37-47-31-43(39-65(47)57(49)67)41-12-16-45(17-13-41)63-24-20-61(2)21-25-63/h10-17,32-36,38-39,46-47,59H,3-9,18-31,37H2,1-2H3/t46-,47-/m0/s1. The zero-order chi connectivity index (χ0) is 48.3. The van der Waals surface area contributed by atoms with E-state index in [1.807, 2.05) is 52.7 Å². The van der Waals surface area contributed by atoms with Crippen LogP contribution >= 0.6 is 0 Å². The number of fused-ring (bicyclic) bond motifs is 6. The average Bonchev–Trinajstić information content (AvgIpc) is 3.98. The number of carbonyl (C=O) groups excluding carboxylic acids is 2. The number of carbonyl (C=O) groups is 2. The van der Waals surface area contributed by atoms with Crippen molar-refractivity contribution in [2.24, 2.45) is 4.99 Å². The van der Waals surface area contributed by atoms with Gasteiger partial charge in [-0.25, -0.2) is 0 Å². The average molecular weight is 961 g/mol. The van der Waals surface area contributed by atoms with E-state index in [1.165, 1.54) is 16.9 Å². The summed E-state index contributed by atoms with van der Waals surface area (Å²) in [6.45, 7) is 10.8. The van der Waals surface area contributed by atoms with Gasteiger partial charge in [0.1, 0.15) is 0 Å². The highest BCUT2D eigenvalue weighted by molar-refractivity contribution is 6.06. The molecule has 4 aromatic carbocycles. The van der Waals surface area contributed by atoms with Crippen molar-refractivity contribution >= 4 is 51.9 Å². The number of hydrogen-bond donors (Lipinski definition) is 1. The monoisotopic (exact) mass is 961 g/mol. The molecule has 14 heteroatoms. The Morgan fingerprint density at radius 3 is 1.59 bits per heavy atom. The van der Waals surface area contributed by atoms with Gasteiger partial charge in [-0.15, -0.1) is 0 Å². The van der Waals surface area contributed by atoms with Crippen LogP contribution in [0.2, 0.25) is 0 Å². The van der Waals surface area contributed by atoms with Gasteiger partial charge in [0, 0.05) is 114 Å². The fourth-order valence-electron chi connectivity index (χ4n) is 10.9. The molecule has 0 unspecified atom stereocenters. The van der Waals surface area contributed by atoms with Crippen molar-refractivity contribution in [1.82, 2.24) is 19.6 Å². The molecule has 2 amide bonds. The summed E-state index contributed by atoms with van der Waals surface area (Å²) in [6.07, 6.45) is 14.0. The molecule has 0 aromatic heterocycles. The van der Waals surface area contributed by atoms with Crippen molar-refractivity contribution in [1.29, 1.82) is 0 Å². The van der Waals surface area contributed by atoms with Crippen LogP contribution in [-0.4, -0.2) is 149 Å². The van der Waals surface area contributed by atoms with Crippen LogP contribution in [0.1, 0.15) is 89.6 Å². The third-order valence-electron chi connectivity index (χ3n) is 15.3. The molecule has 71 heavy (non-hydrogen) atoms. The number of benzene rings is 4. The Morgan fingerprint density at radius 2 is 1.00 bits per heavy atom. The Labute approximate surface area is 418 Å². The first-order valence-corrected chi connectivity index (χ1v) is 26.1. The predicted molar refractivity (Wildman–Crippen MR) is 281 cm³/mol. The van der Waals surface area contributed by atoms with Gasteiger partial charge in [0.2, 0.25) is 0 Å². The lowest BCUT2D eigenvalue weighted by Crippen LogP contribution is -2.44. The summed E-state index contributed by atoms with van der Waals surface area (Å²) in [6, 6.07) is 24.9. The van der Waals surface area contributed by atoms with Gasteiger partial charge in [-0.3, -0.25) is 14.6 Å². The zero-order valence-corrected chi connectivity index (χ0v) is 41.5. The lowest BCUT2D eigenvalue weighted by atomic mass is 10.0. The zero-order valence-electron chi connectivity index (χ0n) is 41.5. The number of piperazine rings is 2. The minimum Gasteiger partial charge on any atom is -0.490 e. The Bertz CT molecular complexity index is 2670. The smallest absolute Gasteiger partial charge is 0.260 e. The van der Waals surface area contributed by atoms with Gasteiger partial charge in [-0.05, 0) is 92.0 Å². The van der Waals surface area contributed by atoms with E-state index in [9.17, 15) is 9.59 Å². The molecule has 0 bridgehead atoms. The number of nitrogens with one attached hydrogen (secondary N) is 1. The molecule has 0 spiro atoms. The Morgan fingerprint density at radius 1 is 0.521 bits per heavy atom. The van der Waals surface area contributed by atoms with E-state index in [2.05, 4.69) is 87.5 Å². The van der Waals surface area contributed by atoms with Crippen LogP contribution in [0.4, 0.5) is 22.7 Å². The van der Waals surface area contributed by atoms with Crippen molar-refractivity contribution in [3.8, 4) is 23.0 Å². The van der Waals surface area contributed by atoms with Gasteiger partial charge in [0.25, 0.3) is 11.8 Å². The van der Waals surface area contributed by atoms with Crippen molar-refractivity contribution in [2.45, 2.75) is 69.9 Å². The Balaban J connectivity index is 0.762. The van der Waals surface area contributed by atoms with Crippen LogP contribution in [0.25, 0.3) is 11.1 Å². The molecule has 2 fully saturated rings. The second-order valence-electron chi connectivity index (χ2n) is 20.2. The van der Waals surface area contributed by atoms with Crippen molar-refractivity contribution in [3.05, 3.63) is 107 Å². The number of rotatable bonds is 4. The molecule has 0 radical (unpaired) electrons. The summed E-state index contributed by atoms with van der Waals surface area (Å²) in [5.74, 6) is 2.14. The van der Waals surface area contributed by atoms with Crippen LogP contribution in [-0.2, 0) is 0 Å². The van der Waals surface area contributed by atoms with Gasteiger partial charge < -0.3 is 53.7 Å². The number of aliphatic imine (C=N–C) groups is 1. The number of hydrogen-bond acceptors (Lipinski definition) is 12. The number of ether oxygens (including phenoxy) is 4. The van der Waals surface area contributed by atoms with E-state index in [1.54, 1.807) is 0 Å². The molecule has 372 valence electrons. The number of nitrogens with zero attached hydrogens (tertiary/aromatic N) is 7. The summed E-state index contributed by atoms with van der Waals surface area (Å²) in [4.78, 5) is 46.9. The molecule has 2 saturated heterocycles. The highest BCUT2D eigenvalue weighted by atomic mass is 16.5. The quantitative estimate of drug-likeness (QED) is 0.212. The molecule has 7 aliphatic heterocycles. The normalized spacial score (nSPS) is 22.6. The predicted octanol–water partition coefficient (Wildman–Crippen LogP) is 8.80. The maximum Gasteiger partial charge on any atom is 0.260 e. The lowest BCUT2D eigenvalue weighted by Gasteiger charge is -2.34. The minimum atomic E-state index is -0.182. The first-order chi connectivity index (χ1) is 34.8. The van der Waals surface area contributed by atoms with Gasteiger partial charge in [0.05, 0.1) is 61.0 Å². The topological polar surface area (TPSA) is 115 Å². The summed E-state index contributed by atoms with van der Waals surface area (Å²) in [7, 11) is 4.35. The molecule has 14 nitrogen and oxygen atoms in total. The summed E-state index contributed by atoms with van der Waals surface area (Å²) < 4.78 is 25.7. The maximum atomic E-state index is 14.4.